The first-order valence-electron chi connectivity index (χ1n) is 11.7. The number of fused-ring (bicyclic) bond motifs is 15. The van der Waals surface area contributed by atoms with E-state index in [4.69, 9.17) is 0 Å². The average Bonchev–Trinajstić information content (AvgIpc) is 3.43. The van der Waals surface area contributed by atoms with E-state index in [9.17, 15) is 0 Å². The Kier molecular flexibility index (Phi) is 3.17. The van der Waals surface area contributed by atoms with Crippen molar-refractivity contribution >= 4 is 40.3 Å². The third-order valence-corrected chi connectivity index (χ3v) is 7.67. The van der Waals surface area contributed by atoms with Crippen LogP contribution < -0.4 is 15.7 Å². The van der Waals surface area contributed by atoms with Crippen LogP contribution in [0.1, 0.15) is 24.1 Å². The molecule has 2 aliphatic heterocycles. The largest absolute Gasteiger partial charge is 0.349 e. The van der Waals surface area contributed by atoms with E-state index >= 15 is 0 Å². The van der Waals surface area contributed by atoms with Gasteiger partial charge >= 0.3 is 6.85 Å². The van der Waals surface area contributed by atoms with E-state index in [0.717, 1.165) is 0 Å². The molecule has 0 atom stereocenters. The summed E-state index contributed by atoms with van der Waals surface area (Å²) in [6.45, 7) is 0.183. The Hall–Kier alpha value is -3.66. The maximum absolute atomic E-state index is 2.60. The lowest BCUT2D eigenvalue weighted by Gasteiger charge is -2.42. The number of benzene rings is 3. The molecule has 152 valence electrons. The number of nitrogens with zero attached hydrogens (tertiary/aromatic N) is 3. The highest BCUT2D eigenvalue weighted by Gasteiger charge is 2.44. The predicted octanol–water partition coefficient (Wildman–Crippen LogP) is 4.87. The summed E-state index contributed by atoms with van der Waals surface area (Å²) in [5, 5.41) is 1.29. The molecule has 0 unspecified atom stereocenters. The van der Waals surface area contributed by atoms with E-state index in [1.807, 2.05) is 0 Å². The van der Waals surface area contributed by atoms with E-state index in [1.165, 1.54) is 81.8 Å². The zero-order valence-electron chi connectivity index (χ0n) is 17.8. The number of aryl methyl sites for hydroxylation is 1. The van der Waals surface area contributed by atoms with Crippen molar-refractivity contribution in [1.29, 1.82) is 0 Å². The number of para-hydroxylation sites is 3. The van der Waals surface area contributed by atoms with Crippen molar-refractivity contribution in [2.45, 2.75) is 25.7 Å². The van der Waals surface area contributed by atoms with E-state index in [0.29, 0.717) is 0 Å². The fraction of sp³-hybridized carbons (Fsp3) is 0.143. The van der Waals surface area contributed by atoms with Crippen LogP contribution in [0.3, 0.4) is 0 Å². The van der Waals surface area contributed by atoms with Gasteiger partial charge in [-0.3, -0.25) is 4.57 Å². The minimum Gasteiger partial charge on any atom is -0.349 e. The molecule has 0 amide bonds. The van der Waals surface area contributed by atoms with Gasteiger partial charge in [0.25, 0.3) is 0 Å². The molecule has 3 aliphatic rings. The first-order valence-corrected chi connectivity index (χ1v) is 11.7. The van der Waals surface area contributed by atoms with E-state index < -0.39 is 0 Å². The Bertz CT molecular complexity index is 1560. The number of rotatable bonds is 0. The highest BCUT2D eigenvalue weighted by Crippen LogP contribution is 2.43. The van der Waals surface area contributed by atoms with Gasteiger partial charge in [0, 0.05) is 22.5 Å². The molecule has 1 aliphatic carbocycles. The molecule has 3 nitrogen and oxygen atoms in total. The van der Waals surface area contributed by atoms with Crippen LogP contribution in [0.5, 0.6) is 0 Å². The second-order valence-electron chi connectivity index (χ2n) is 9.30. The first-order chi connectivity index (χ1) is 15.9. The molecular weight excluding hydrogens is 389 g/mol. The maximum atomic E-state index is 2.60. The Labute approximate surface area is 187 Å². The van der Waals surface area contributed by atoms with Crippen molar-refractivity contribution < 1.29 is 0 Å². The fourth-order valence-electron chi connectivity index (χ4n) is 6.37. The summed E-state index contributed by atoms with van der Waals surface area (Å²) in [5.41, 5.74) is 9.74. The van der Waals surface area contributed by atoms with Gasteiger partial charge in [0.15, 0.2) is 0 Å². The molecular formula is C28H22BN3. The molecule has 0 spiro atoms. The Balaban J connectivity index is 1.53. The SMILES string of the molecule is c1ccc2c(c1)B1c3ccccc3-n3c(cc4ccccc43)N1c1cc3c(n1-2)CCCC3. The molecule has 0 N–H and O–H groups in total. The highest BCUT2D eigenvalue weighted by atomic mass is 15.3. The van der Waals surface area contributed by atoms with Gasteiger partial charge in [0.05, 0.1) is 5.52 Å². The zero-order valence-corrected chi connectivity index (χ0v) is 17.8. The van der Waals surface area contributed by atoms with Gasteiger partial charge in [-0.15, -0.1) is 0 Å². The van der Waals surface area contributed by atoms with Gasteiger partial charge < -0.3 is 9.38 Å². The van der Waals surface area contributed by atoms with Crippen LogP contribution in [0, 0.1) is 0 Å². The maximum Gasteiger partial charge on any atom is 0.335 e. The van der Waals surface area contributed by atoms with E-state index in [2.05, 4.69) is 98.9 Å². The third-order valence-electron chi connectivity index (χ3n) is 7.67. The minimum atomic E-state index is 0.183. The van der Waals surface area contributed by atoms with Crippen LogP contribution in [0.25, 0.3) is 22.3 Å². The summed E-state index contributed by atoms with van der Waals surface area (Å²) in [5.74, 6) is 2.58. The van der Waals surface area contributed by atoms with Gasteiger partial charge in [0.1, 0.15) is 11.6 Å². The molecule has 4 heterocycles. The molecule has 0 bridgehead atoms. The first kappa shape index (κ1) is 17.0. The number of hydrogen-bond donors (Lipinski definition) is 0. The summed E-state index contributed by atoms with van der Waals surface area (Å²) in [4.78, 5) is 2.60. The molecule has 32 heavy (non-hydrogen) atoms. The second-order valence-corrected chi connectivity index (χ2v) is 9.30. The summed E-state index contributed by atoms with van der Waals surface area (Å²) in [7, 11) is 0. The van der Waals surface area contributed by atoms with Gasteiger partial charge in [-0.2, -0.15) is 0 Å². The molecule has 0 saturated heterocycles. The Morgan fingerprint density at radius 2 is 1.28 bits per heavy atom. The molecule has 5 aromatic rings. The van der Waals surface area contributed by atoms with E-state index in [-0.39, 0.29) is 6.85 Å². The quantitative estimate of drug-likeness (QED) is 0.332. The number of hydrogen-bond acceptors (Lipinski definition) is 1. The van der Waals surface area contributed by atoms with Gasteiger partial charge in [-0.05, 0) is 72.5 Å². The molecule has 0 fully saturated rings. The summed E-state index contributed by atoms with van der Waals surface area (Å²) >= 11 is 0. The lowest BCUT2D eigenvalue weighted by Crippen LogP contribution is -2.61. The monoisotopic (exact) mass is 411 g/mol. The smallest absolute Gasteiger partial charge is 0.335 e. The highest BCUT2D eigenvalue weighted by molar-refractivity contribution is 6.91. The predicted molar refractivity (Wildman–Crippen MR) is 133 cm³/mol. The zero-order chi connectivity index (χ0) is 20.8. The third kappa shape index (κ3) is 1.98. The lowest BCUT2D eigenvalue weighted by molar-refractivity contribution is 0.663. The molecule has 2 aromatic heterocycles. The van der Waals surface area contributed by atoms with Crippen molar-refractivity contribution in [2.24, 2.45) is 0 Å². The van der Waals surface area contributed by atoms with Gasteiger partial charge in [-0.25, -0.2) is 0 Å². The summed E-state index contributed by atoms with van der Waals surface area (Å²) < 4.78 is 5.03. The normalized spacial score (nSPS) is 15.5. The topological polar surface area (TPSA) is 13.1 Å². The number of anilines is 2. The van der Waals surface area contributed by atoms with Crippen molar-refractivity contribution in [3.05, 3.63) is 96.2 Å². The lowest BCUT2D eigenvalue weighted by atomic mass is 9.46. The second kappa shape index (κ2) is 5.98. The van der Waals surface area contributed by atoms with Crippen molar-refractivity contribution in [3.8, 4) is 11.4 Å². The molecule has 4 heteroatoms. The molecule has 0 saturated carbocycles. The van der Waals surface area contributed by atoms with Crippen LogP contribution in [0.4, 0.5) is 11.6 Å². The Morgan fingerprint density at radius 3 is 2.12 bits per heavy atom. The standard InChI is InChI=1S/C28H22BN3/c1-5-13-23-19(9-1)17-27-30(23)25-15-7-3-11-21(25)29-22-12-4-8-16-26(22)31-24-14-6-2-10-20(24)18-28(31)32(27)29/h1,3-5,7-9,11-13,15-18H,2,6,10,14H2. The minimum absolute atomic E-state index is 0.183. The molecule has 0 radical (unpaired) electrons. The van der Waals surface area contributed by atoms with Gasteiger partial charge in [0.2, 0.25) is 0 Å². The van der Waals surface area contributed by atoms with Crippen molar-refractivity contribution in [1.82, 2.24) is 9.13 Å². The van der Waals surface area contributed by atoms with Crippen LogP contribution in [0.15, 0.2) is 84.9 Å². The van der Waals surface area contributed by atoms with Crippen molar-refractivity contribution in [2.75, 3.05) is 4.81 Å². The average molecular weight is 411 g/mol. The fourth-order valence-corrected chi connectivity index (χ4v) is 6.37. The Morgan fingerprint density at radius 1 is 0.625 bits per heavy atom. The molecule has 8 rings (SSSR count). The summed E-state index contributed by atoms with van der Waals surface area (Å²) in [6, 6.07) is 31.6. The number of aromatic nitrogens is 2. The van der Waals surface area contributed by atoms with Crippen LogP contribution in [0.2, 0.25) is 0 Å². The molecule has 3 aromatic carbocycles. The van der Waals surface area contributed by atoms with Crippen LogP contribution in [-0.2, 0) is 12.8 Å². The van der Waals surface area contributed by atoms with Crippen LogP contribution >= 0.6 is 0 Å². The summed E-state index contributed by atoms with van der Waals surface area (Å²) in [6.07, 6.45) is 4.94. The van der Waals surface area contributed by atoms with Crippen molar-refractivity contribution in [3.63, 3.8) is 0 Å². The van der Waals surface area contributed by atoms with Crippen LogP contribution in [-0.4, -0.2) is 16.0 Å². The van der Waals surface area contributed by atoms with Gasteiger partial charge in [-0.1, -0.05) is 54.6 Å². The van der Waals surface area contributed by atoms with E-state index in [1.54, 1.807) is 0 Å².